The Bertz CT molecular complexity index is 984. The molecule has 0 spiro atoms. The first-order valence-electron chi connectivity index (χ1n) is 8.79. The van der Waals surface area contributed by atoms with E-state index in [0.717, 1.165) is 33.9 Å². The highest BCUT2D eigenvalue weighted by Crippen LogP contribution is 2.41. The Kier molecular flexibility index (Phi) is 4.73. The second kappa shape index (κ2) is 6.76. The van der Waals surface area contributed by atoms with Crippen molar-refractivity contribution in [2.45, 2.75) is 55.8 Å². The molecular formula is C17H21N3O3S3. The Hall–Kier alpha value is -1.19. The molecule has 0 saturated carbocycles. The van der Waals surface area contributed by atoms with Crippen molar-refractivity contribution in [2.24, 2.45) is 0 Å². The van der Waals surface area contributed by atoms with Crippen LogP contribution in [0.4, 0.5) is 0 Å². The normalized spacial score (nSPS) is 22.5. The van der Waals surface area contributed by atoms with E-state index >= 15 is 0 Å². The van der Waals surface area contributed by atoms with Crippen molar-refractivity contribution in [3.05, 3.63) is 16.3 Å². The largest absolute Gasteiger partial charge is 0.351 e. The van der Waals surface area contributed by atoms with E-state index in [4.69, 9.17) is 0 Å². The van der Waals surface area contributed by atoms with Crippen molar-refractivity contribution in [2.75, 3.05) is 11.5 Å². The minimum absolute atomic E-state index is 0.0467. The third-order valence-corrected chi connectivity index (χ3v) is 8.92. The molecule has 2 atom stereocenters. The minimum atomic E-state index is -3.00. The van der Waals surface area contributed by atoms with Crippen LogP contribution in [0, 0.1) is 6.92 Å². The zero-order chi connectivity index (χ0) is 18.5. The van der Waals surface area contributed by atoms with Crippen molar-refractivity contribution in [1.29, 1.82) is 0 Å². The predicted octanol–water partition coefficient (Wildman–Crippen LogP) is 2.27. The van der Waals surface area contributed by atoms with Gasteiger partial charge in [0.1, 0.15) is 15.7 Å². The number of hydrogen-bond donors (Lipinski definition) is 1. The molecule has 0 bridgehead atoms. The van der Waals surface area contributed by atoms with Gasteiger partial charge in [0.15, 0.2) is 9.84 Å². The highest BCUT2D eigenvalue weighted by atomic mass is 32.2. The zero-order valence-electron chi connectivity index (χ0n) is 14.7. The molecule has 140 valence electrons. The van der Waals surface area contributed by atoms with Crippen LogP contribution < -0.4 is 5.32 Å². The number of aryl methyl sites for hydroxylation is 3. The molecule has 1 saturated heterocycles. The van der Waals surface area contributed by atoms with Gasteiger partial charge in [0.25, 0.3) is 0 Å². The van der Waals surface area contributed by atoms with E-state index in [0.29, 0.717) is 6.42 Å². The van der Waals surface area contributed by atoms with Gasteiger partial charge in [0.2, 0.25) is 5.91 Å². The number of thioether (sulfide) groups is 1. The van der Waals surface area contributed by atoms with Gasteiger partial charge in [-0.1, -0.05) is 11.8 Å². The first-order valence-corrected chi connectivity index (χ1v) is 12.3. The smallest absolute Gasteiger partial charge is 0.233 e. The molecule has 26 heavy (non-hydrogen) atoms. The van der Waals surface area contributed by atoms with E-state index in [1.54, 1.807) is 11.3 Å². The molecule has 6 nitrogen and oxygen atoms in total. The van der Waals surface area contributed by atoms with Crippen LogP contribution in [-0.2, 0) is 27.5 Å². The number of amides is 1. The molecule has 0 aromatic carbocycles. The van der Waals surface area contributed by atoms with E-state index in [2.05, 4.69) is 15.3 Å². The summed E-state index contributed by atoms with van der Waals surface area (Å²) in [6, 6.07) is -0.270. The quantitative estimate of drug-likeness (QED) is 0.613. The fourth-order valence-corrected chi connectivity index (χ4v) is 7.67. The Morgan fingerprint density at radius 1 is 1.35 bits per heavy atom. The van der Waals surface area contributed by atoms with Crippen molar-refractivity contribution < 1.29 is 13.2 Å². The molecule has 0 unspecified atom stereocenters. The van der Waals surface area contributed by atoms with Gasteiger partial charge < -0.3 is 5.32 Å². The number of aromatic nitrogens is 2. The third kappa shape index (κ3) is 3.48. The van der Waals surface area contributed by atoms with Gasteiger partial charge in [-0.15, -0.1) is 11.3 Å². The molecule has 2 aromatic rings. The lowest BCUT2D eigenvalue weighted by molar-refractivity contribution is -0.120. The minimum Gasteiger partial charge on any atom is -0.351 e. The summed E-state index contributed by atoms with van der Waals surface area (Å²) in [7, 11) is -3.00. The average Bonchev–Trinajstić information content (AvgIpc) is 3.20. The molecule has 2 aromatic heterocycles. The maximum atomic E-state index is 12.5. The Morgan fingerprint density at radius 2 is 2.15 bits per heavy atom. The first kappa shape index (κ1) is 18.2. The number of carbonyl (C=O) groups is 1. The first-order chi connectivity index (χ1) is 12.3. The second-order valence-corrected chi connectivity index (χ2v) is 11.6. The van der Waals surface area contributed by atoms with Crippen LogP contribution in [0.5, 0.6) is 0 Å². The molecule has 9 heteroatoms. The molecule has 0 radical (unpaired) electrons. The van der Waals surface area contributed by atoms with Crippen molar-refractivity contribution >= 4 is 49.1 Å². The van der Waals surface area contributed by atoms with Crippen LogP contribution in [0.15, 0.2) is 5.03 Å². The summed E-state index contributed by atoms with van der Waals surface area (Å²) in [5.41, 5.74) is 1.35. The van der Waals surface area contributed by atoms with Gasteiger partial charge in [-0.3, -0.25) is 4.79 Å². The summed E-state index contributed by atoms with van der Waals surface area (Å²) in [5.74, 6) is 0.792. The second-order valence-electron chi connectivity index (χ2n) is 6.98. The van der Waals surface area contributed by atoms with Crippen LogP contribution in [-0.4, -0.2) is 47.1 Å². The summed E-state index contributed by atoms with van der Waals surface area (Å²) < 4.78 is 23.1. The van der Waals surface area contributed by atoms with Gasteiger partial charge >= 0.3 is 0 Å². The lowest BCUT2D eigenvalue weighted by Gasteiger charge is -2.16. The van der Waals surface area contributed by atoms with Crippen molar-refractivity contribution in [3.8, 4) is 0 Å². The van der Waals surface area contributed by atoms with Gasteiger partial charge in [-0.2, -0.15) is 0 Å². The zero-order valence-corrected chi connectivity index (χ0v) is 17.2. The van der Waals surface area contributed by atoms with Crippen LogP contribution in [0.2, 0.25) is 0 Å². The lowest BCUT2D eigenvalue weighted by atomic mass is 10.2. The maximum Gasteiger partial charge on any atom is 0.233 e. The molecule has 3 heterocycles. The van der Waals surface area contributed by atoms with Crippen LogP contribution >= 0.6 is 23.1 Å². The summed E-state index contributed by atoms with van der Waals surface area (Å²) in [5, 5.41) is 4.52. The van der Waals surface area contributed by atoms with E-state index < -0.39 is 9.84 Å². The number of fused-ring (bicyclic) bond motifs is 3. The predicted molar refractivity (Wildman–Crippen MR) is 105 cm³/mol. The van der Waals surface area contributed by atoms with E-state index in [9.17, 15) is 13.2 Å². The number of hydrogen-bond acceptors (Lipinski definition) is 7. The van der Waals surface area contributed by atoms with Gasteiger partial charge in [-0.25, -0.2) is 18.4 Å². The monoisotopic (exact) mass is 411 g/mol. The number of thiophene rings is 1. The van der Waals surface area contributed by atoms with Crippen molar-refractivity contribution in [3.63, 3.8) is 0 Å². The number of sulfone groups is 1. The van der Waals surface area contributed by atoms with Gasteiger partial charge in [-0.05, 0) is 45.1 Å². The molecular weight excluding hydrogens is 390 g/mol. The molecule has 4 rings (SSSR count). The van der Waals surface area contributed by atoms with Gasteiger partial charge in [0.05, 0.1) is 16.8 Å². The highest BCUT2D eigenvalue weighted by molar-refractivity contribution is 8.00. The molecule has 1 amide bonds. The Labute approximate surface area is 161 Å². The Balaban J connectivity index is 1.54. The standard InChI is InChI=1S/C17H21N3O3S3/c1-9(15(21)20-11-6-7-26(22,23)8-11)24-16-14-12-4-3-5-13(12)25-17(14)19-10(2)18-16/h9,11H,3-8H2,1-2H3,(H,20,21)/t9-,11+/m1/s1. The fraction of sp³-hybridized carbons (Fsp3) is 0.588. The maximum absolute atomic E-state index is 12.5. The van der Waals surface area contributed by atoms with Crippen LogP contribution in [0.25, 0.3) is 10.2 Å². The van der Waals surface area contributed by atoms with E-state index in [-0.39, 0.29) is 28.7 Å². The lowest BCUT2D eigenvalue weighted by Crippen LogP contribution is -2.39. The van der Waals surface area contributed by atoms with E-state index in [1.165, 1.54) is 28.6 Å². The topological polar surface area (TPSA) is 89.0 Å². The molecule has 1 fully saturated rings. The fourth-order valence-electron chi connectivity index (χ4n) is 3.60. The Morgan fingerprint density at radius 3 is 2.88 bits per heavy atom. The summed E-state index contributed by atoms with van der Waals surface area (Å²) in [4.78, 5) is 24.1. The number of nitrogens with one attached hydrogen (secondary N) is 1. The highest BCUT2D eigenvalue weighted by Gasteiger charge is 2.31. The molecule has 2 aliphatic rings. The van der Waals surface area contributed by atoms with E-state index in [1.807, 2.05) is 13.8 Å². The summed E-state index contributed by atoms with van der Waals surface area (Å²) in [6.07, 6.45) is 3.82. The average molecular weight is 412 g/mol. The molecule has 1 aliphatic carbocycles. The summed E-state index contributed by atoms with van der Waals surface area (Å²) in [6.45, 7) is 3.72. The number of carbonyl (C=O) groups excluding carboxylic acids is 1. The van der Waals surface area contributed by atoms with Crippen molar-refractivity contribution in [1.82, 2.24) is 15.3 Å². The SMILES string of the molecule is Cc1nc(S[C@H](C)C(=O)N[C@H]2CCS(=O)(=O)C2)c2c3c(sc2n1)CCC3. The number of rotatable bonds is 4. The van der Waals surface area contributed by atoms with Crippen LogP contribution in [0.3, 0.4) is 0 Å². The number of nitrogens with zero attached hydrogens (tertiary/aromatic N) is 2. The molecule has 1 aliphatic heterocycles. The van der Waals surface area contributed by atoms with Gasteiger partial charge in [0, 0.05) is 16.3 Å². The molecule has 1 N–H and O–H groups in total. The van der Waals surface area contributed by atoms with Crippen LogP contribution in [0.1, 0.15) is 36.0 Å². The third-order valence-electron chi connectivity index (χ3n) is 4.88. The summed E-state index contributed by atoms with van der Waals surface area (Å²) >= 11 is 3.19.